The molecule has 0 radical (unpaired) electrons. The lowest BCUT2D eigenvalue weighted by Gasteiger charge is -2.16. The number of sulfone groups is 1. The second kappa shape index (κ2) is 6.73. The highest BCUT2D eigenvalue weighted by molar-refractivity contribution is 7.90. The molecule has 98 valence electrons. The normalized spacial score (nSPS) is 13.8. The minimum atomic E-state index is -2.87. The van der Waals surface area contributed by atoms with Gasteiger partial charge in [-0.05, 0) is 30.8 Å². The Morgan fingerprint density at radius 2 is 2.24 bits per heavy atom. The molecule has 0 aliphatic carbocycles. The SMILES string of the molecule is CCNC(CCCS(C)(=O)=O)c1sccc1Cl. The molecule has 0 aliphatic rings. The minimum absolute atomic E-state index is 0.161. The molecule has 1 heterocycles. The van der Waals surface area contributed by atoms with Crippen LogP contribution < -0.4 is 5.32 Å². The van der Waals surface area contributed by atoms with Crippen LogP contribution in [0.3, 0.4) is 0 Å². The van der Waals surface area contributed by atoms with Crippen molar-refractivity contribution in [1.29, 1.82) is 0 Å². The van der Waals surface area contributed by atoms with E-state index in [2.05, 4.69) is 5.32 Å². The van der Waals surface area contributed by atoms with E-state index in [1.165, 1.54) is 6.26 Å². The fraction of sp³-hybridized carbons (Fsp3) is 0.636. The van der Waals surface area contributed by atoms with Gasteiger partial charge in [0.2, 0.25) is 0 Å². The van der Waals surface area contributed by atoms with E-state index in [1.54, 1.807) is 11.3 Å². The molecular formula is C11H18ClNO2S2. The lowest BCUT2D eigenvalue weighted by Crippen LogP contribution is -2.21. The van der Waals surface area contributed by atoms with Crippen LogP contribution in [0.4, 0.5) is 0 Å². The molecular weight excluding hydrogens is 278 g/mol. The zero-order valence-electron chi connectivity index (χ0n) is 10.1. The first-order valence-corrected chi connectivity index (χ1v) is 8.90. The minimum Gasteiger partial charge on any atom is -0.309 e. The van der Waals surface area contributed by atoms with Crippen molar-refractivity contribution in [3.05, 3.63) is 21.3 Å². The summed E-state index contributed by atoms with van der Waals surface area (Å²) in [5.41, 5.74) is 0. The van der Waals surface area contributed by atoms with Gasteiger partial charge in [0.1, 0.15) is 9.84 Å². The molecule has 1 aromatic rings. The maximum atomic E-state index is 11.1. The van der Waals surface area contributed by atoms with Gasteiger partial charge in [-0.1, -0.05) is 18.5 Å². The molecule has 1 N–H and O–H groups in total. The molecule has 0 saturated carbocycles. The highest BCUT2D eigenvalue weighted by atomic mass is 35.5. The monoisotopic (exact) mass is 295 g/mol. The van der Waals surface area contributed by atoms with Crippen LogP contribution in [-0.4, -0.2) is 27.0 Å². The zero-order chi connectivity index (χ0) is 12.9. The highest BCUT2D eigenvalue weighted by Crippen LogP contribution is 2.31. The topological polar surface area (TPSA) is 46.2 Å². The number of rotatable bonds is 7. The fourth-order valence-electron chi connectivity index (χ4n) is 1.68. The van der Waals surface area contributed by atoms with Gasteiger partial charge in [-0.15, -0.1) is 11.3 Å². The number of nitrogens with one attached hydrogen (secondary N) is 1. The highest BCUT2D eigenvalue weighted by Gasteiger charge is 2.15. The number of halogens is 1. The quantitative estimate of drug-likeness (QED) is 0.841. The van der Waals surface area contributed by atoms with Crippen molar-refractivity contribution in [2.45, 2.75) is 25.8 Å². The Bertz CT molecular complexity index is 442. The van der Waals surface area contributed by atoms with Gasteiger partial charge in [-0.2, -0.15) is 0 Å². The maximum Gasteiger partial charge on any atom is 0.147 e. The van der Waals surface area contributed by atoms with Crippen LogP contribution in [0.25, 0.3) is 0 Å². The average molecular weight is 296 g/mol. The molecule has 1 rings (SSSR count). The van der Waals surface area contributed by atoms with E-state index < -0.39 is 9.84 Å². The first-order chi connectivity index (χ1) is 7.94. The molecule has 1 unspecified atom stereocenters. The van der Waals surface area contributed by atoms with E-state index in [0.717, 1.165) is 22.9 Å². The zero-order valence-corrected chi connectivity index (χ0v) is 12.5. The lowest BCUT2D eigenvalue weighted by molar-refractivity contribution is 0.514. The van der Waals surface area contributed by atoms with Crippen LogP contribution in [-0.2, 0) is 9.84 Å². The number of hydrogen-bond donors (Lipinski definition) is 1. The second-order valence-corrected chi connectivity index (χ2v) is 7.63. The lowest BCUT2D eigenvalue weighted by atomic mass is 10.1. The smallest absolute Gasteiger partial charge is 0.147 e. The third-order valence-corrected chi connectivity index (χ3v) is 4.92. The first kappa shape index (κ1) is 15.0. The van der Waals surface area contributed by atoms with Gasteiger partial charge < -0.3 is 5.32 Å². The predicted molar refractivity (Wildman–Crippen MR) is 74.7 cm³/mol. The molecule has 17 heavy (non-hydrogen) atoms. The maximum absolute atomic E-state index is 11.1. The van der Waals surface area contributed by atoms with Crippen LogP contribution in [0.1, 0.15) is 30.7 Å². The first-order valence-electron chi connectivity index (χ1n) is 5.58. The van der Waals surface area contributed by atoms with Gasteiger partial charge >= 0.3 is 0 Å². The van der Waals surface area contributed by atoms with Gasteiger partial charge in [0.15, 0.2) is 0 Å². The summed E-state index contributed by atoms with van der Waals surface area (Å²) in [5.74, 6) is 0.234. The third-order valence-electron chi connectivity index (χ3n) is 2.42. The van der Waals surface area contributed by atoms with E-state index in [1.807, 2.05) is 18.4 Å². The molecule has 0 spiro atoms. The molecule has 1 aromatic heterocycles. The van der Waals surface area contributed by atoms with E-state index in [4.69, 9.17) is 11.6 Å². The summed E-state index contributed by atoms with van der Waals surface area (Å²) >= 11 is 7.70. The number of hydrogen-bond acceptors (Lipinski definition) is 4. The standard InChI is InChI=1S/C11H18ClNO2S2/c1-3-13-10(5-4-8-17(2,14)15)11-9(12)6-7-16-11/h6-7,10,13H,3-5,8H2,1-2H3. The summed E-state index contributed by atoms with van der Waals surface area (Å²) in [5, 5.41) is 6.06. The van der Waals surface area contributed by atoms with Crippen molar-refractivity contribution >= 4 is 32.8 Å². The average Bonchev–Trinajstić information content (AvgIpc) is 2.61. The fourth-order valence-corrected chi connectivity index (χ4v) is 3.67. The second-order valence-electron chi connectivity index (χ2n) is 4.02. The summed E-state index contributed by atoms with van der Waals surface area (Å²) in [6.45, 7) is 2.88. The molecule has 3 nitrogen and oxygen atoms in total. The van der Waals surface area contributed by atoms with E-state index in [9.17, 15) is 8.42 Å². The van der Waals surface area contributed by atoms with E-state index in [0.29, 0.717) is 6.42 Å². The Kier molecular flexibility index (Phi) is 5.92. The molecule has 0 fully saturated rings. The Labute approximate surface area is 112 Å². The van der Waals surface area contributed by atoms with Gasteiger partial charge in [0.05, 0.1) is 5.02 Å². The van der Waals surface area contributed by atoms with Crippen molar-refractivity contribution in [3.8, 4) is 0 Å². The predicted octanol–water partition coefficient (Wildman–Crippen LogP) is 2.88. The third kappa shape index (κ3) is 5.38. The summed E-state index contributed by atoms with van der Waals surface area (Å²) in [6.07, 6.45) is 2.72. The van der Waals surface area contributed by atoms with Crippen LogP contribution in [0, 0.1) is 0 Å². The van der Waals surface area contributed by atoms with Gasteiger partial charge in [0.25, 0.3) is 0 Å². The van der Waals surface area contributed by atoms with Crippen molar-refractivity contribution < 1.29 is 8.42 Å². The van der Waals surface area contributed by atoms with Crippen LogP contribution >= 0.6 is 22.9 Å². The summed E-state index contributed by atoms with van der Waals surface area (Å²) in [6, 6.07) is 2.04. The van der Waals surface area contributed by atoms with Gasteiger partial charge in [-0.25, -0.2) is 8.42 Å². The molecule has 0 aliphatic heterocycles. The number of thiophene rings is 1. The van der Waals surface area contributed by atoms with E-state index >= 15 is 0 Å². The Morgan fingerprint density at radius 3 is 2.71 bits per heavy atom. The Hall–Kier alpha value is -0.100. The van der Waals surface area contributed by atoms with Crippen LogP contribution in [0.15, 0.2) is 11.4 Å². The molecule has 6 heteroatoms. The molecule has 0 amide bonds. The van der Waals surface area contributed by atoms with Crippen molar-refractivity contribution in [3.63, 3.8) is 0 Å². The largest absolute Gasteiger partial charge is 0.309 e. The van der Waals surface area contributed by atoms with E-state index in [-0.39, 0.29) is 11.8 Å². The molecule has 1 atom stereocenters. The Balaban J connectivity index is 2.59. The van der Waals surface area contributed by atoms with Crippen LogP contribution in [0.2, 0.25) is 5.02 Å². The molecule has 0 aromatic carbocycles. The van der Waals surface area contributed by atoms with Crippen molar-refractivity contribution in [2.75, 3.05) is 18.6 Å². The summed E-state index contributed by atoms with van der Waals surface area (Å²) < 4.78 is 22.2. The summed E-state index contributed by atoms with van der Waals surface area (Å²) in [4.78, 5) is 1.10. The van der Waals surface area contributed by atoms with Crippen molar-refractivity contribution in [2.24, 2.45) is 0 Å². The van der Waals surface area contributed by atoms with Crippen LogP contribution in [0.5, 0.6) is 0 Å². The van der Waals surface area contributed by atoms with Gasteiger partial charge in [0, 0.05) is 22.9 Å². The Morgan fingerprint density at radius 1 is 1.53 bits per heavy atom. The molecule has 0 saturated heterocycles. The molecule has 0 bridgehead atoms. The summed E-state index contributed by atoms with van der Waals surface area (Å²) in [7, 11) is -2.87. The van der Waals surface area contributed by atoms with Crippen molar-refractivity contribution in [1.82, 2.24) is 5.32 Å². The van der Waals surface area contributed by atoms with Gasteiger partial charge in [-0.3, -0.25) is 0 Å².